The molecule has 0 saturated heterocycles. The van der Waals surface area contributed by atoms with Crippen LogP contribution in [0.3, 0.4) is 0 Å². The first kappa shape index (κ1) is 20.5. The summed E-state index contributed by atoms with van der Waals surface area (Å²) >= 11 is 1.62. The zero-order valence-electron chi connectivity index (χ0n) is 17.5. The summed E-state index contributed by atoms with van der Waals surface area (Å²) in [6, 6.07) is 12.5. The maximum atomic E-state index is 13.2. The van der Waals surface area contributed by atoms with Gasteiger partial charge in [-0.2, -0.15) is 0 Å². The lowest BCUT2D eigenvalue weighted by Crippen LogP contribution is -2.34. The van der Waals surface area contributed by atoms with E-state index in [9.17, 15) is 4.79 Å². The molecule has 1 heterocycles. The first-order valence-corrected chi connectivity index (χ1v) is 10.5. The molecule has 1 aromatic heterocycles. The number of fused-ring (bicyclic) bond motifs is 1. The second-order valence-corrected chi connectivity index (χ2v) is 8.77. The molecule has 0 aliphatic rings. The third-order valence-electron chi connectivity index (χ3n) is 4.77. The normalized spacial score (nSPS) is 11.4. The number of hydrogen-bond donors (Lipinski definition) is 0. The number of amides is 1. The quantitative estimate of drug-likeness (QED) is 0.579. The first-order chi connectivity index (χ1) is 13.3. The third kappa shape index (κ3) is 4.97. The van der Waals surface area contributed by atoms with Crippen molar-refractivity contribution in [3.8, 4) is 0 Å². The van der Waals surface area contributed by atoms with Crippen molar-refractivity contribution in [3.05, 3.63) is 58.7 Å². The minimum atomic E-state index is 0.109. The number of rotatable bonds is 7. The van der Waals surface area contributed by atoms with E-state index in [4.69, 9.17) is 4.98 Å². The fraction of sp³-hybridized carbons (Fsp3) is 0.391. The molecule has 0 bridgehead atoms. The summed E-state index contributed by atoms with van der Waals surface area (Å²) in [7, 11) is 4.12. The Kier molecular flexibility index (Phi) is 6.47. The van der Waals surface area contributed by atoms with Gasteiger partial charge >= 0.3 is 0 Å². The highest BCUT2D eigenvalue weighted by molar-refractivity contribution is 7.22. The molecular formula is C23H29N3OS. The molecule has 3 rings (SSSR count). The molecule has 3 aromatic rings. The van der Waals surface area contributed by atoms with E-state index < -0.39 is 0 Å². The van der Waals surface area contributed by atoms with Crippen LogP contribution < -0.4 is 4.90 Å². The van der Waals surface area contributed by atoms with Crippen LogP contribution in [0.5, 0.6) is 0 Å². The van der Waals surface area contributed by atoms with Gasteiger partial charge in [0.15, 0.2) is 5.13 Å². The van der Waals surface area contributed by atoms with Crippen LogP contribution in [0, 0.1) is 20.8 Å². The Morgan fingerprint density at radius 2 is 1.82 bits per heavy atom. The predicted molar refractivity (Wildman–Crippen MR) is 120 cm³/mol. The molecule has 0 fully saturated rings. The highest BCUT2D eigenvalue weighted by atomic mass is 32.1. The molecule has 28 heavy (non-hydrogen) atoms. The Morgan fingerprint density at radius 3 is 2.54 bits per heavy atom. The van der Waals surface area contributed by atoms with Crippen LogP contribution in [-0.4, -0.2) is 43.0 Å². The van der Waals surface area contributed by atoms with Crippen molar-refractivity contribution in [2.75, 3.05) is 32.1 Å². The van der Waals surface area contributed by atoms with Crippen LogP contribution in [0.15, 0.2) is 36.4 Å². The fourth-order valence-corrected chi connectivity index (χ4v) is 4.50. The van der Waals surface area contributed by atoms with Gasteiger partial charge in [-0.25, -0.2) is 4.98 Å². The van der Waals surface area contributed by atoms with Crippen LogP contribution in [-0.2, 0) is 11.2 Å². The van der Waals surface area contributed by atoms with E-state index in [-0.39, 0.29) is 5.91 Å². The number of anilines is 1. The van der Waals surface area contributed by atoms with E-state index in [0.29, 0.717) is 13.0 Å². The fourth-order valence-electron chi connectivity index (χ4n) is 3.44. The number of hydrogen-bond acceptors (Lipinski definition) is 4. The van der Waals surface area contributed by atoms with Gasteiger partial charge in [-0.15, -0.1) is 0 Å². The third-order valence-corrected chi connectivity index (χ3v) is 6.00. The van der Waals surface area contributed by atoms with Crippen LogP contribution in [0.4, 0.5) is 5.13 Å². The van der Waals surface area contributed by atoms with Crippen molar-refractivity contribution in [1.82, 2.24) is 9.88 Å². The number of aromatic nitrogens is 1. The van der Waals surface area contributed by atoms with Gasteiger partial charge in [0.05, 0.1) is 16.6 Å². The van der Waals surface area contributed by atoms with Gasteiger partial charge in [0, 0.05) is 6.54 Å². The van der Waals surface area contributed by atoms with Crippen LogP contribution >= 0.6 is 11.3 Å². The summed E-state index contributed by atoms with van der Waals surface area (Å²) in [5.41, 5.74) is 5.63. The SMILES string of the molecule is Cc1cccc(CC(=O)N(CCCN(C)C)c2nc3cc(C)cc(C)c3s2)c1. The number of carbonyl (C=O) groups is 1. The molecule has 0 N–H and O–H groups in total. The highest BCUT2D eigenvalue weighted by Gasteiger charge is 2.20. The zero-order valence-corrected chi connectivity index (χ0v) is 18.3. The summed E-state index contributed by atoms with van der Waals surface area (Å²) in [4.78, 5) is 22.1. The molecule has 0 radical (unpaired) electrons. The number of carbonyl (C=O) groups excluding carboxylic acids is 1. The standard InChI is InChI=1S/C23H29N3OS/c1-16-8-6-9-19(13-16)15-21(27)26(11-7-10-25(4)5)23-24-20-14-17(2)12-18(3)22(20)28-23/h6,8-9,12-14H,7,10-11,15H2,1-5H3. The number of thiazole rings is 1. The molecule has 0 saturated carbocycles. The van der Waals surface area contributed by atoms with Crippen molar-refractivity contribution in [2.24, 2.45) is 0 Å². The second-order valence-electron chi connectivity index (χ2n) is 7.79. The van der Waals surface area contributed by atoms with Crippen LogP contribution in [0.2, 0.25) is 0 Å². The molecule has 5 heteroatoms. The molecular weight excluding hydrogens is 366 g/mol. The lowest BCUT2D eigenvalue weighted by atomic mass is 10.1. The summed E-state index contributed by atoms with van der Waals surface area (Å²) in [6.07, 6.45) is 1.32. The summed E-state index contributed by atoms with van der Waals surface area (Å²) in [6.45, 7) is 7.88. The van der Waals surface area contributed by atoms with Gasteiger partial charge in [0.1, 0.15) is 0 Å². The predicted octanol–water partition coefficient (Wildman–Crippen LogP) is 4.75. The van der Waals surface area contributed by atoms with Crippen molar-refractivity contribution in [3.63, 3.8) is 0 Å². The van der Waals surface area contributed by atoms with Gasteiger partial charge in [0.25, 0.3) is 0 Å². The molecule has 0 unspecified atom stereocenters. The van der Waals surface area contributed by atoms with Gasteiger partial charge in [-0.1, -0.05) is 47.2 Å². The molecule has 0 aliphatic carbocycles. The van der Waals surface area contributed by atoms with E-state index in [1.165, 1.54) is 21.4 Å². The molecule has 2 aromatic carbocycles. The monoisotopic (exact) mass is 395 g/mol. The van der Waals surface area contributed by atoms with Crippen molar-refractivity contribution in [2.45, 2.75) is 33.6 Å². The summed E-state index contributed by atoms with van der Waals surface area (Å²) in [5.74, 6) is 0.109. The Balaban J connectivity index is 1.89. The topological polar surface area (TPSA) is 36.4 Å². The Hall–Kier alpha value is -2.24. The molecule has 4 nitrogen and oxygen atoms in total. The van der Waals surface area contributed by atoms with Gasteiger partial charge in [-0.05, 0) is 70.6 Å². The highest BCUT2D eigenvalue weighted by Crippen LogP contribution is 2.32. The van der Waals surface area contributed by atoms with E-state index in [0.717, 1.165) is 29.2 Å². The Bertz CT molecular complexity index is 977. The lowest BCUT2D eigenvalue weighted by molar-refractivity contribution is -0.118. The van der Waals surface area contributed by atoms with Gasteiger partial charge < -0.3 is 4.90 Å². The van der Waals surface area contributed by atoms with E-state index in [2.05, 4.69) is 64.0 Å². The van der Waals surface area contributed by atoms with E-state index >= 15 is 0 Å². The van der Waals surface area contributed by atoms with Gasteiger partial charge in [0.2, 0.25) is 5.91 Å². The maximum absolute atomic E-state index is 13.2. The smallest absolute Gasteiger partial charge is 0.233 e. The average Bonchev–Trinajstić information content (AvgIpc) is 3.02. The molecule has 148 valence electrons. The molecule has 0 spiro atoms. The van der Waals surface area contributed by atoms with Crippen LogP contribution in [0.25, 0.3) is 10.2 Å². The number of benzene rings is 2. The lowest BCUT2D eigenvalue weighted by Gasteiger charge is -2.21. The molecule has 1 amide bonds. The van der Waals surface area contributed by atoms with Crippen molar-refractivity contribution >= 4 is 32.6 Å². The second kappa shape index (κ2) is 8.84. The minimum absolute atomic E-state index is 0.109. The van der Waals surface area contributed by atoms with E-state index in [1.807, 2.05) is 17.0 Å². The van der Waals surface area contributed by atoms with Gasteiger partial charge in [-0.3, -0.25) is 9.69 Å². The Morgan fingerprint density at radius 1 is 1.04 bits per heavy atom. The largest absolute Gasteiger partial charge is 0.309 e. The average molecular weight is 396 g/mol. The van der Waals surface area contributed by atoms with Crippen molar-refractivity contribution < 1.29 is 4.79 Å². The van der Waals surface area contributed by atoms with E-state index in [1.54, 1.807) is 11.3 Å². The first-order valence-electron chi connectivity index (χ1n) is 9.72. The zero-order chi connectivity index (χ0) is 20.3. The Labute approximate surface area is 171 Å². The minimum Gasteiger partial charge on any atom is -0.309 e. The summed E-state index contributed by atoms with van der Waals surface area (Å²) < 4.78 is 1.17. The maximum Gasteiger partial charge on any atom is 0.233 e. The molecule has 0 aliphatic heterocycles. The molecule has 0 atom stereocenters. The van der Waals surface area contributed by atoms with Crippen LogP contribution in [0.1, 0.15) is 28.7 Å². The van der Waals surface area contributed by atoms with Crippen molar-refractivity contribution in [1.29, 1.82) is 0 Å². The summed E-state index contributed by atoms with van der Waals surface area (Å²) in [5, 5.41) is 0.806. The number of nitrogens with zero attached hydrogens (tertiary/aromatic N) is 3. The number of aryl methyl sites for hydroxylation is 3.